The fraction of sp³-hybridized carbons (Fsp3) is 0.125. The number of hydrogen-bond acceptors (Lipinski definition) is 3. The Labute approximate surface area is 78.1 Å². The summed E-state index contributed by atoms with van der Waals surface area (Å²) in [5, 5.41) is 9.19. The summed E-state index contributed by atoms with van der Waals surface area (Å²) in [6.07, 6.45) is -1.25. The van der Waals surface area contributed by atoms with Crippen molar-refractivity contribution in [2.24, 2.45) is 0 Å². The van der Waals surface area contributed by atoms with Gasteiger partial charge in [0.25, 0.3) is 0 Å². The van der Waals surface area contributed by atoms with Gasteiger partial charge in [-0.05, 0) is 6.07 Å². The minimum atomic E-state index is -1.25. The molecule has 1 N–H and O–H groups in total. The van der Waals surface area contributed by atoms with Crippen LogP contribution in [0.3, 0.4) is 0 Å². The van der Waals surface area contributed by atoms with E-state index in [2.05, 4.69) is 20.7 Å². The van der Waals surface area contributed by atoms with E-state index in [1.165, 1.54) is 6.47 Å². The highest BCUT2D eigenvalue weighted by atomic mass is 79.9. The predicted octanol–water partition coefficient (Wildman–Crippen LogP) is 1.52. The molecule has 3 nitrogen and oxygen atoms in total. The number of benzene rings is 1. The summed E-state index contributed by atoms with van der Waals surface area (Å²) in [6.45, 7) is 1.17. The van der Waals surface area contributed by atoms with Crippen molar-refractivity contribution in [2.75, 3.05) is 0 Å². The normalized spacial score (nSPS) is 12.2. The lowest BCUT2D eigenvalue weighted by molar-refractivity contribution is -0.0322. The standard InChI is InChI=1S/C8H6BrO3/c9-7-4-2-1-3-6(7)8(11)12-5-10/h1-4,8,11H. The molecule has 0 saturated heterocycles. The molecule has 1 radical (unpaired) electrons. The molecule has 0 aromatic heterocycles. The lowest BCUT2D eigenvalue weighted by atomic mass is 10.2. The molecule has 0 amide bonds. The molecule has 0 aliphatic heterocycles. The second-order valence-corrected chi connectivity index (χ2v) is 2.93. The van der Waals surface area contributed by atoms with Crippen LogP contribution in [0, 0.1) is 0 Å². The third-order valence-electron chi connectivity index (χ3n) is 1.33. The first-order chi connectivity index (χ1) is 5.75. The molecule has 1 aromatic carbocycles. The molecule has 0 saturated carbocycles. The van der Waals surface area contributed by atoms with Crippen LogP contribution in [0.15, 0.2) is 28.7 Å². The predicted molar refractivity (Wildman–Crippen MR) is 45.9 cm³/mol. The van der Waals surface area contributed by atoms with E-state index < -0.39 is 6.29 Å². The van der Waals surface area contributed by atoms with Crippen molar-refractivity contribution in [3.05, 3.63) is 34.3 Å². The Balaban J connectivity index is 2.86. The van der Waals surface area contributed by atoms with E-state index in [0.717, 1.165) is 0 Å². The number of hydrogen-bond donors (Lipinski definition) is 1. The van der Waals surface area contributed by atoms with Gasteiger partial charge in [-0.2, -0.15) is 0 Å². The van der Waals surface area contributed by atoms with E-state index in [0.29, 0.717) is 10.0 Å². The third-order valence-corrected chi connectivity index (χ3v) is 2.05. The van der Waals surface area contributed by atoms with Gasteiger partial charge < -0.3 is 9.84 Å². The molecule has 63 valence electrons. The fourth-order valence-electron chi connectivity index (χ4n) is 0.784. The summed E-state index contributed by atoms with van der Waals surface area (Å²) >= 11 is 3.20. The zero-order chi connectivity index (χ0) is 8.97. The minimum absolute atomic E-state index is 0.501. The molecular weight excluding hydrogens is 224 g/mol. The summed E-state index contributed by atoms with van der Waals surface area (Å²) in [5.41, 5.74) is 0.501. The first-order valence-corrected chi connectivity index (χ1v) is 4.00. The number of aliphatic hydroxyl groups is 1. The Bertz CT molecular complexity index is 275. The van der Waals surface area contributed by atoms with Gasteiger partial charge in [-0.15, -0.1) is 0 Å². The highest BCUT2D eigenvalue weighted by Gasteiger charge is 2.10. The molecule has 12 heavy (non-hydrogen) atoms. The molecule has 0 fully saturated rings. The van der Waals surface area contributed by atoms with Crippen LogP contribution in [-0.4, -0.2) is 11.6 Å². The number of aliphatic hydroxyl groups excluding tert-OH is 1. The smallest absolute Gasteiger partial charge is 0.420 e. The molecule has 1 atom stereocenters. The summed E-state index contributed by atoms with van der Waals surface area (Å²) in [6, 6.07) is 6.92. The van der Waals surface area contributed by atoms with Crippen molar-refractivity contribution in [1.82, 2.24) is 0 Å². The molecule has 1 unspecified atom stereocenters. The highest BCUT2D eigenvalue weighted by molar-refractivity contribution is 9.10. The molecule has 4 heteroatoms. The van der Waals surface area contributed by atoms with Crippen molar-refractivity contribution in [3.63, 3.8) is 0 Å². The number of halogens is 1. The van der Waals surface area contributed by atoms with E-state index in [-0.39, 0.29) is 0 Å². The third kappa shape index (κ3) is 2.06. The second-order valence-electron chi connectivity index (χ2n) is 2.08. The maximum absolute atomic E-state index is 9.78. The van der Waals surface area contributed by atoms with E-state index in [4.69, 9.17) is 0 Å². The molecule has 0 aliphatic rings. The zero-order valence-corrected chi connectivity index (χ0v) is 7.61. The van der Waals surface area contributed by atoms with Gasteiger partial charge in [-0.3, -0.25) is 0 Å². The molecule has 0 aliphatic carbocycles. The van der Waals surface area contributed by atoms with Crippen LogP contribution >= 0.6 is 15.9 Å². The fourth-order valence-corrected chi connectivity index (χ4v) is 1.27. The van der Waals surface area contributed by atoms with E-state index in [1.54, 1.807) is 24.3 Å². The van der Waals surface area contributed by atoms with Crippen molar-refractivity contribution in [3.8, 4) is 0 Å². The van der Waals surface area contributed by atoms with Gasteiger partial charge in [-0.1, -0.05) is 34.1 Å². The van der Waals surface area contributed by atoms with Gasteiger partial charge in [0.1, 0.15) is 0 Å². The quantitative estimate of drug-likeness (QED) is 0.800. The molecule has 0 heterocycles. The van der Waals surface area contributed by atoms with Crippen molar-refractivity contribution < 1.29 is 14.6 Å². The first kappa shape index (κ1) is 9.22. The van der Waals surface area contributed by atoms with Gasteiger partial charge in [0.2, 0.25) is 6.29 Å². The van der Waals surface area contributed by atoms with E-state index in [9.17, 15) is 9.90 Å². The van der Waals surface area contributed by atoms with Crippen LogP contribution in [0.25, 0.3) is 0 Å². The Morgan fingerprint density at radius 1 is 1.50 bits per heavy atom. The lowest BCUT2D eigenvalue weighted by Crippen LogP contribution is -2.01. The van der Waals surface area contributed by atoms with Crippen molar-refractivity contribution >= 4 is 22.4 Å². The average molecular weight is 230 g/mol. The molecule has 0 bridgehead atoms. The van der Waals surface area contributed by atoms with Gasteiger partial charge >= 0.3 is 6.47 Å². The molecule has 1 aromatic rings. The molecule has 0 spiro atoms. The second kappa shape index (κ2) is 4.23. The van der Waals surface area contributed by atoms with Gasteiger partial charge in [0, 0.05) is 10.0 Å². The Kier molecular flexibility index (Phi) is 3.25. The van der Waals surface area contributed by atoms with Crippen LogP contribution < -0.4 is 0 Å². The number of rotatable bonds is 3. The Morgan fingerprint density at radius 2 is 2.17 bits per heavy atom. The van der Waals surface area contributed by atoms with Crippen LogP contribution in [-0.2, 0) is 9.53 Å². The zero-order valence-electron chi connectivity index (χ0n) is 6.03. The maximum Gasteiger partial charge on any atom is 0.420 e. The van der Waals surface area contributed by atoms with Crippen molar-refractivity contribution in [1.29, 1.82) is 0 Å². The number of carbonyl (C=O) groups excluding carboxylic acids is 1. The topological polar surface area (TPSA) is 46.5 Å². The van der Waals surface area contributed by atoms with Crippen LogP contribution in [0.4, 0.5) is 0 Å². The molecule has 1 rings (SSSR count). The molecular formula is C8H6BrO3. The van der Waals surface area contributed by atoms with Crippen molar-refractivity contribution in [2.45, 2.75) is 6.29 Å². The Hall–Kier alpha value is -0.870. The summed E-state index contributed by atoms with van der Waals surface area (Å²) < 4.78 is 4.92. The monoisotopic (exact) mass is 229 g/mol. The van der Waals surface area contributed by atoms with Gasteiger partial charge in [-0.25, -0.2) is 4.79 Å². The minimum Gasteiger partial charge on any atom is -0.423 e. The largest absolute Gasteiger partial charge is 0.423 e. The van der Waals surface area contributed by atoms with Gasteiger partial charge in [0.05, 0.1) is 0 Å². The van der Waals surface area contributed by atoms with Crippen LogP contribution in [0.2, 0.25) is 0 Å². The number of ether oxygens (including phenoxy) is 1. The van der Waals surface area contributed by atoms with Gasteiger partial charge in [0.15, 0.2) is 0 Å². The highest BCUT2D eigenvalue weighted by Crippen LogP contribution is 2.22. The first-order valence-electron chi connectivity index (χ1n) is 3.21. The SMILES string of the molecule is O=[C]OC(O)c1ccccc1Br. The van der Waals surface area contributed by atoms with Crippen LogP contribution in [0.5, 0.6) is 0 Å². The average Bonchev–Trinajstić information content (AvgIpc) is 2.05. The summed E-state index contributed by atoms with van der Waals surface area (Å²) in [5.74, 6) is 0. The summed E-state index contributed by atoms with van der Waals surface area (Å²) in [7, 11) is 0. The Morgan fingerprint density at radius 3 is 2.75 bits per heavy atom. The maximum atomic E-state index is 9.78. The lowest BCUT2D eigenvalue weighted by Gasteiger charge is -2.08. The van der Waals surface area contributed by atoms with Crippen LogP contribution in [0.1, 0.15) is 11.9 Å². The van der Waals surface area contributed by atoms with E-state index in [1.807, 2.05) is 0 Å². The van der Waals surface area contributed by atoms with E-state index >= 15 is 0 Å². The summed E-state index contributed by atoms with van der Waals surface area (Å²) in [4.78, 5) is 9.78.